The van der Waals surface area contributed by atoms with E-state index in [9.17, 15) is 0 Å². The Morgan fingerprint density at radius 2 is 1.93 bits per heavy atom. The molecule has 14 heavy (non-hydrogen) atoms. The zero-order valence-corrected chi connectivity index (χ0v) is 10.3. The average molecular weight is 188 g/mol. The van der Waals surface area contributed by atoms with E-state index in [-0.39, 0.29) is 11.7 Å². The Kier molecular flexibility index (Phi) is 7.48. The molecule has 0 N–H and O–H groups in total. The maximum atomic E-state index is 5.85. The van der Waals surface area contributed by atoms with Crippen molar-refractivity contribution in [3.05, 3.63) is 0 Å². The minimum atomic E-state index is -0.0826. The first-order valence-corrected chi connectivity index (χ1v) is 5.59. The van der Waals surface area contributed by atoms with Crippen LogP contribution >= 0.6 is 0 Å². The SMILES string of the molecule is [Li][C]#CC(CCCCC)OC(C)(C)C. The zero-order valence-electron chi connectivity index (χ0n) is 10.3. The summed E-state index contributed by atoms with van der Waals surface area (Å²) in [5.74, 6) is 3.13. The third kappa shape index (κ3) is 8.70. The van der Waals surface area contributed by atoms with Gasteiger partial charge in [-0.2, -0.15) is 0 Å². The van der Waals surface area contributed by atoms with E-state index in [2.05, 4.69) is 38.2 Å². The Morgan fingerprint density at radius 3 is 2.36 bits per heavy atom. The second-order valence-corrected chi connectivity index (χ2v) is 4.61. The summed E-state index contributed by atoms with van der Waals surface area (Å²) in [5.41, 5.74) is -0.0826. The van der Waals surface area contributed by atoms with Crippen LogP contribution in [-0.4, -0.2) is 29.4 Å². The first-order chi connectivity index (χ1) is 6.49. The first kappa shape index (κ1) is 14.1. The van der Waals surface area contributed by atoms with E-state index >= 15 is 0 Å². The summed E-state index contributed by atoms with van der Waals surface area (Å²) >= 11 is 1.87. The molecule has 0 spiro atoms. The van der Waals surface area contributed by atoms with E-state index in [1.165, 1.54) is 19.3 Å². The van der Waals surface area contributed by atoms with Gasteiger partial charge in [0, 0.05) is 0 Å². The maximum absolute atomic E-state index is 5.85. The van der Waals surface area contributed by atoms with Gasteiger partial charge in [-0.3, -0.25) is 0 Å². The minimum absolute atomic E-state index is 0.0826. The monoisotopic (exact) mass is 188 g/mol. The molecule has 0 bridgehead atoms. The van der Waals surface area contributed by atoms with Crippen LogP contribution in [0.2, 0.25) is 0 Å². The number of unbranched alkanes of at least 4 members (excludes halogenated alkanes) is 2. The molecule has 0 aliphatic carbocycles. The zero-order chi connectivity index (χ0) is 11.0. The van der Waals surface area contributed by atoms with Crippen molar-refractivity contribution < 1.29 is 4.74 Å². The van der Waals surface area contributed by atoms with Gasteiger partial charge >= 0.3 is 98.0 Å². The van der Waals surface area contributed by atoms with Gasteiger partial charge in [-0.1, -0.05) is 0 Å². The molecule has 0 rings (SSSR count). The summed E-state index contributed by atoms with van der Waals surface area (Å²) in [6.07, 6.45) is 4.92. The molecule has 0 saturated heterocycles. The third-order valence-electron chi connectivity index (χ3n) is 1.87. The number of hydrogen-bond acceptors (Lipinski definition) is 1. The molecule has 0 aromatic rings. The fourth-order valence-electron chi connectivity index (χ4n) is 1.33. The van der Waals surface area contributed by atoms with Crippen LogP contribution in [0.5, 0.6) is 0 Å². The van der Waals surface area contributed by atoms with Crippen LogP contribution < -0.4 is 0 Å². The molecule has 2 heteroatoms. The summed E-state index contributed by atoms with van der Waals surface area (Å²) in [4.78, 5) is 0. The van der Waals surface area contributed by atoms with Gasteiger partial charge in [0.1, 0.15) is 0 Å². The molecule has 0 amide bonds. The summed E-state index contributed by atoms with van der Waals surface area (Å²) in [5, 5.41) is 0. The Morgan fingerprint density at radius 1 is 1.29 bits per heavy atom. The van der Waals surface area contributed by atoms with Gasteiger partial charge in [-0.25, -0.2) is 0 Å². The van der Waals surface area contributed by atoms with Crippen LogP contribution in [0.1, 0.15) is 53.4 Å². The van der Waals surface area contributed by atoms with Gasteiger partial charge in [-0.05, 0) is 0 Å². The van der Waals surface area contributed by atoms with Crippen molar-refractivity contribution in [2.75, 3.05) is 0 Å². The summed E-state index contributed by atoms with van der Waals surface area (Å²) in [6, 6.07) is 0. The van der Waals surface area contributed by atoms with Crippen LogP contribution in [-0.2, 0) is 4.74 Å². The molecule has 0 fully saturated rings. The average Bonchev–Trinajstić information content (AvgIpc) is 2.02. The Hall–Kier alpha value is 0.117. The molecule has 1 nitrogen and oxygen atoms in total. The quantitative estimate of drug-likeness (QED) is 0.366. The van der Waals surface area contributed by atoms with Gasteiger partial charge in [0.05, 0.1) is 0 Å². The molecule has 76 valence electrons. The van der Waals surface area contributed by atoms with Crippen LogP contribution in [0.25, 0.3) is 0 Å². The van der Waals surface area contributed by atoms with Gasteiger partial charge in [-0.15, -0.1) is 0 Å². The van der Waals surface area contributed by atoms with E-state index in [1.807, 2.05) is 17.7 Å². The standard InChI is InChI=1S/C12H21O.Li/c1-6-8-9-10-11(7-2)13-12(3,4)5;/h11H,6,8-10H2,1,3-5H3;. The second-order valence-electron chi connectivity index (χ2n) is 4.61. The molecule has 0 radical (unpaired) electrons. The topological polar surface area (TPSA) is 9.23 Å². The Balaban J connectivity index is 3.95. The Bertz CT molecular complexity index is 195. The van der Waals surface area contributed by atoms with Crippen molar-refractivity contribution in [3.63, 3.8) is 0 Å². The van der Waals surface area contributed by atoms with E-state index < -0.39 is 0 Å². The molecular formula is C12H21LiO. The summed E-state index contributed by atoms with van der Waals surface area (Å²) in [7, 11) is 0. The predicted molar refractivity (Wildman–Crippen MR) is 62.3 cm³/mol. The molecule has 0 aliphatic heterocycles. The van der Waals surface area contributed by atoms with Crippen LogP contribution in [0, 0.1) is 10.5 Å². The van der Waals surface area contributed by atoms with E-state index in [4.69, 9.17) is 4.74 Å². The van der Waals surface area contributed by atoms with Crippen LogP contribution in [0.15, 0.2) is 0 Å². The van der Waals surface area contributed by atoms with E-state index in [0.29, 0.717) is 0 Å². The predicted octanol–water partition coefficient (Wildman–Crippen LogP) is 2.88. The van der Waals surface area contributed by atoms with Crippen molar-refractivity contribution in [1.29, 1.82) is 0 Å². The number of hydrogen-bond donors (Lipinski definition) is 0. The molecule has 0 heterocycles. The molecule has 0 saturated carbocycles. The fourth-order valence-corrected chi connectivity index (χ4v) is 1.33. The fraction of sp³-hybridized carbons (Fsp3) is 0.833. The van der Waals surface area contributed by atoms with Crippen molar-refractivity contribution in [2.24, 2.45) is 0 Å². The molecule has 1 unspecified atom stereocenters. The van der Waals surface area contributed by atoms with Gasteiger partial charge < -0.3 is 0 Å². The van der Waals surface area contributed by atoms with Gasteiger partial charge in [0.15, 0.2) is 0 Å². The molecule has 1 atom stereocenters. The van der Waals surface area contributed by atoms with Gasteiger partial charge in [0.2, 0.25) is 0 Å². The number of rotatable bonds is 5. The molecule has 0 aromatic heterocycles. The van der Waals surface area contributed by atoms with Crippen LogP contribution in [0.4, 0.5) is 0 Å². The van der Waals surface area contributed by atoms with Crippen molar-refractivity contribution in [1.82, 2.24) is 0 Å². The first-order valence-electron chi connectivity index (χ1n) is 5.59. The summed E-state index contributed by atoms with van der Waals surface area (Å²) in [6.45, 7) is 8.45. The van der Waals surface area contributed by atoms with Gasteiger partial charge in [0.25, 0.3) is 0 Å². The van der Waals surface area contributed by atoms with E-state index in [1.54, 1.807) is 0 Å². The molecule has 0 aliphatic rings. The van der Waals surface area contributed by atoms with Crippen molar-refractivity contribution >= 4 is 17.7 Å². The van der Waals surface area contributed by atoms with E-state index in [0.717, 1.165) is 6.42 Å². The van der Waals surface area contributed by atoms with Crippen molar-refractivity contribution in [2.45, 2.75) is 65.1 Å². The number of ether oxygens (including phenoxy) is 1. The van der Waals surface area contributed by atoms with Crippen LogP contribution in [0.3, 0.4) is 0 Å². The molecular weight excluding hydrogens is 167 g/mol. The second kappa shape index (κ2) is 7.41. The normalized spacial score (nSPS) is 13.3. The summed E-state index contributed by atoms with van der Waals surface area (Å²) < 4.78 is 8.79. The van der Waals surface area contributed by atoms with Crippen molar-refractivity contribution in [3.8, 4) is 10.5 Å². The Labute approximate surface area is 98.2 Å². The third-order valence-corrected chi connectivity index (χ3v) is 1.87. The molecule has 0 aromatic carbocycles.